The zero-order chi connectivity index (χ0) is 16.3. The molecule has 1 aromatic carbocycles. The molecule has 0 atom stereocenters. The van der Waals surface area contributed by atoms with Crippen LogP contribution in [0.1, 0.15) is 0 Å². The van der Waals surface area contributed by atoms with E-state index in [1.807, 2.05) is 0 Å². The van der Waals surface area contributed by atoms with Crippen molar-refractivity contribution < 1.29 is 8.42 Å². The zero-order valence-corrected chi connectivity index (χ0v) is 14.5. The van der Waals surface area contributed by atoms with Gasteiger partial charge in [0.1, 0.15) is 0 Å². The fourth-order valence-electron chi connectivity index (χ4n) is 1.57. The maximum atomic E-state index is 12.2. The summed E-state index contributed by atoms with van der Waals surface area (Å²) in [6.07, 6.45) is 2.90. The van der Waals surface area contributed by atoms with Gasteiger partial charge in [-0.15, -0.1) is 0 Å². The quantitative estimate of drug-likeness (QED) is 0.696. The maximum absolute atomic E-state index is 12.2. The number of aromatic nitrogens is 3. The number of hydrogen-bond acceptors (Lipinski definition) is 8. The molecule has 0 fully saturated rings. The smallest absolute Gasteiger partial charge is 0.247 e. The second kappa shape index (κ2) is 6.71. The zero-order valence-electron chi connectivity index (χ0n) is 11.2. The third kappa shape index (κ3) is 3.91. The van der Waals surface area contributed by atoms with E-state index in [1.165, 1.54) is 45.4 Å². The van der Waals surface area contributed by atoms with Crippen LogP contribution in [0.25, 0.3) is 0 Å². The van der Waals surface area contributed by atoms with Gasteiger partial charge in [0.25, 0.3) is 10.0 Å². The van der Waals surface area contributed by atoms with Gasteiger partial charge in [0.05, 0.1) is 10.6 Å². The SMILES string of the molecule is O=S(=O)(Nc1ncccn1)c1ccc(N=c2ssnc2Cl)cc1. The van der Waals surface area contributed by atoms with Gasteiger partial charge in [0, 0.05) is 22.9 Å². The summed E-state index contributed by atoms with van der Waals surface area (Å²) in [6.45, 7) is 0. The predicted octanol–water partition coefficient (Wildman–Crippen LogP) is 2.68. The number of rotatable bonds is 4. The first-order valence-electron chi connectivity index (χ1n) is 6.11. The van der Waals surface area contributed by atoms with Gasteiger partial charge in [0.2, 0.25) is 5.95 Å². The Kier molecular flexibility index (Phi) is 4.66. The summed E-state index contributed by atoms with van der Waals surface area (Å²) < 4.78 is 31.3. The predicted molar refractivity (Wildman–Crippen MR) is 89.5 cm³/mol. The molecule has 2 aromatic heterocycles. The largest absolute Gasteiger partial charge is 0.264 e. The van der Waals surface area contributed by atoms with E-state index < -0.39 is 10.0 Å². The molecule has 0 unspecified atom stereocenters. The molecular formula is C12H8ClN5O2S3. The minimum absolute atomic E-state index is 0.0131. The van der Waals surface area contributed by atoms with Gasteiger partial charge in [0.15, 0.2) is 9.82 Å². The highest BCUT2D eigenvalue weighted by molar-refractivity contribution is 7.92. The average molecular weight is 386 g/mol. The van der Waals surface area contributed by atoms with Gasteiger partial charge in [-0.2, -0.15) is 4.37 Å². The highest BCUT2D eigenvalue weighted by atomic mass is 35.5. The molecule has 0 saturated carbocycles. The molecule has 118 valence electrons. The van der Waals surface area contributed by atoms with Crippen molar-refractivity contribution in [3.8, 4) is 0 Å². The van der Waals surface area contributed by atoms with Crippen LogP contribution in [0.2, 0.25) is 5.15 Å². The van der Waals surface area contributed by atoms with Gasteiger partial charge in [-0.25, -0.2) is 28.1 Å². The lowest BCUT2D eigenvalue weighted by atomic mass is 10.3. The molecule has 3 rings (SSSR count). The molecule has 0 amide bonds. The Labute approximate surface area is 144 Å². The Morgan fingerprint density at radius 1 is 1.13 bits per heavy atom. The molecule has 11 heteroatoms. The number of hydrogen-bond donors (Lipinski definition) is 1. The first-order chi connectivity index (χ1) is 11.0. The average Bonchev–Trinajstić information content (AvgIpc) is 2.93. The molecule has 0 saturated heterocycles. The van der Waals surface area contributed by atoms with E-state index in [1.54, 1.807) is 18.2 Å². The number of halogens is 1. The second-order valence-electron chi connectivity index (χ2n) is 4.13. The van der Waals surface area contributed by atoms with E-state index >= 15 is 0 Å². The summed E-state index contributed by atoms with van der Waals surface area (Å²) in [5.74, 6) is 0.0131. The molecule has 0 aliphatic heterocycles. The number of nitrogens with zero attached hydrogens (tertiary/aromatic N) is 4. The third-order valence-electron chi connectivity index (χ3n) is 2.58. The fourth-order valence-corrected chi connectivity index (χ4v) is 4.52. The van der Waals surface area contributed by atoms with Gasteiger partial charge in [-0.1, -0.05) is 11.6 Å². The second-order valence-corrected chi connectivity index (χ2v) is 8.00. The Hall–Kier alpha value is -1.88. The van der Waals surface area contributed by atoms with Crippen molar-refractivity contribution in [1.29, 1.82) is 0 Å². The van der Waals surface area contributed by atoms with E-state index in [0.717, 1.165) is 0 Å². The van der Waals surface area contributed by atoms with Gasteiger partial charge < -0.3 is 0 Å². The van der Waals surface area contributed by atoms with E-state index in [4.69, 9.17) is 11.6 Å². The molecule has 0 aliphatic carbocycles. The van der Waals surface area contributed by atoms with Crippen molar-refractivity contribution in [1.82, 2.24) is 14.3 Å². The van der Waals surface area contributed by atoms with E-state index in [9.17, 15) is 8.42 Å². The highest BCUT2D eigenvalue weighted by Gasteiger charge is 2.15. The standard InChI is InChI=1S/C12H8ClN5O2S3/c13-10-11(21-22-17-10)16-8-2-4-9(5-3-8)23(19,20)18-12-14-6-1-7-15-12/h1-7H,(H,14,15,18). The molecule has 0 spiro atoms. The first-order valence-corrected chi connectivity index (χ1v) is 10.1. The lowest BCUT2D eigenvalue weighted by Crippen LogP contribution is -2.14. The monoisotopic (exact) mass is 385 g/mol. The molecule has 3 aromatic rings. The maximum Gasteiger partial charge on any atom is 0.264 e. The Morgan fingerprint density at radius 3 is 2.43 bits per heavy atom. The van der Waals surface area contributed by atoms with E-state index in [2.05, 4.69) is 24.1 Å². The minimum Gasteiger partial charge on any atom is -0.247 e. The summed E-state index contributed by atoms with van der Waals surface area (Å²) in [5, 5.41) is 0.333. The first kappa shape index (κ1) is 16.0. The van der Waals surface area contributed by atoms with Crippen LogP contribution in [0.15, 0.2) is 52.6 Å². The number of sulfonamides is 1. The lowest BCUT2D eigenvalue weighted by Gasteiger charge is -2.06. The molecule has 0 bridgehead atoms. The van der Waals surface area contributed by atoms with Crippen LogP contribution in [0.5, 0.6) is 0 Å². The molecular weight excluding hydrogens is 378 g/mol. The van der Waals surface area contributed by atoms with E-state index in [-0.39, 0.29) is 10.8 Å². The van der Waals surface area contributed by atoms with Gasteiger partial charge in [-0.3, -0.25) is 0 Å². The van der Waals surface area contributed by atoms with Gasteiger partial charge in [-0.05, 0) is 40.7 Å². The molecule has 0 radical (unpaired) electrons. The molecule has 2 heterocycles. The van der Waals surface area contributed by atoms with Crippen LogP contribution in [0.4, 0.5) is 11.6 Å². The Balaban J connectivity index is 1.86. The summed E-state index contributed by atoms with van der Waals surface area (Å²) in [7, 11) is -1.17. The van der Waals surface area contributed by atoms with Gasteiger partial charge >= 0.3 is 0 Å². The van der Waals surface area contributed by atoms with Crippen molar-refractivity contribution in [2.75, 3.05) is 4.72 Å². The van der Waals surface area contributed by atoms with Crippen molar-refractivity contribution in [3.63, 3.8) is 0 Å². The normalized spacial score (nSPS) is 12.3. The summed E-state index contributed by atoms with van der Waals surface area (Å²) in [6, 6.07) is 7.66. The Morgan fingerprint density at radius 2 is 1.83 bits per heavy atom. The summed E-state index contributed by atoms with van der Waals surface area (Å²) >= 11 is 5.88. The van der Waals surface area contributed by atoms with Crippen LogP contribution in [-0.2, 0) is 10.0 Å². The third-order valence-corrected chi connectivity index (χ3v) is 6.09. The van der Waals surface area contributed by atoms with Crippen LogP contribution < -0.4 is 9.39 Å². The van der Waals surface area contributed by atoms with E-state index in [0.29, 0.717) is 15.5 Å². The van der Waals surface area contributed by atoms with Crippen LogP contribution in [0, 0.1) is 0 Å². The van der Waals surface area contributed by atoms with Crippen LogP contribution in [-0.4, -0.2) is 22.8 Å². The molecule has 0 aliphatic rings. The van der Waals surface area contributed by atoms with Crippen molar-refractivity contribution in [2.45, 2.75) is 4.90 Å². The number of benzene rings is 1. The van der Waals surface area contributed by atoms with Crippen molar-refractivity contribution in [2.24, 2.45) is 4.99 Å². The molecule has 1 N–H and O–H groups in total. The highest BCUT2D eigenvalue weighted by Crippen LogP contribution is 2.18. The minimum atomic E-state index is -3.75. The Bertz CT molecular complexity index is 968. The lowest BCUT2D eigenvalue weighted by molar-refractivity contribution is 0.601. The van der Waals surface area contributed by atoms with Crippen LogP contribution in [0.3, 0.4) is 0 Å². The van der Waals surface area contributed by atoms with Crippen molar-refractivity contribution >= 4 is 54.1 Å². The van der Waals surface area contributed by atoms with Crippen LogP contribution >= 0.6 is 32.5 Å². The molecule has 7 nitrogen and oxygen atoms in total. The summed E-state index contributed by atoms with van der Waals surface area (Å²) in [5.41, 5.74) is 0.582. The fraction of sp³-hybridized carbons (Fsp3) is 0. The molecule has 23 heavy (non-hydrogen) atoms. The summed E-state index contributed by atoms with van der Waals surface area (Å²) in [4.78, 5) is 12.0. The number of anilines is 1. The number of nitrogens with one attached hydrogen (secondary N) is 1. The van der Waals surface area contributed by atoms with Crippen molar-refractivity contribution in [3.05, 3.63) is 52.5 Å². The topological polar surface area (TPSA) is 97.2 Å².